The standard InChI is InChI=1S/C25H16F4N4O2/c26-19-13-16(8-9-22(19)35-23-7-4-12-32-20(23)10-11-30-32)14-21(34)18-15-31-33(24(18)25(27,28)29)17-5-2-1-3-6-17/h1-13,15H,14H2. The third kappa shape index (κ3) is 4.37. The van der Waals surface area contributed by atoms with Crippen molar-refractivity contribution in [2.75, 3.05) is 0 Å². The van der Waals surface area contributed by atoms with Gasteiger partial charge in [-0.15, -0.1) is 0 Å². The van der Waals surface area contributed by atoms with Crippen LogP contribution in [-0.2, 0) is 12.6 Å². The molecule has 0 radical (unpaired) electrons. The van der Waals surface area contributed by atoms with Gasteiger partial charge in [-0.05, 0) is 48.0 Å². The molecule has 3 heterocycles. The van der Waals surface area contributed by atoms with E-state index in [4.69, 9.17) is 4.74 Å². The van der Waals surface area contributed by atoms with E-state index >= 15 is 0 Å². The zero-order chi connectivity index (χ0) is 24.6. The Labute approximate surface area is 196 Å². The van der Waals surface area contributed by atoms with Crippen LogP contribution in [0.2, 0.25) is 0 Å². The molecule has 35 heavy (non-hydrogen) atoms. The summed E-state index contributed by atoms with van der Waals surface area (Å²) in [5.41, 5.74) is -0.776. The van der Waals surface area contributed by atoms with Crippen LogP contribution < -0.4 is 4.74 Å². The Morgan fingerprint density at radius 1 is 0.943 bits per heavy atom. The van der Waals surface area contributed by atoms with Gasteiger partial charge in [0.1, 0.15) is 5.52 Å². The first-order valence-corrected chi connectivity index (χ1v) is 10.4. The third-order valence-corrected chi connectivity index (χ3v) is 5.32. The number of hydrogen-bond donors (Lipinski definition) is 0. The Hall–Kier alpha value is -4.47. The Kier molecular flexibility index (Phi) is 5.56. The normalized spacial score (nSPS) is 11.7. The van der Waals surface area contributed by atoms with Crippen molar-refractivity contribution >= 4 is 11.3 Å². The van der Waals surface area contributed by atoms with Crippen LogP contribution in [0.25, 0.3) is 11.2 Å². The molecule has 5 aromatic rings. The molecule has 0 saturated heterocycles. The maximum Gasteiger partial charge on any atom is 0.434 e. The molecule has 5 rings (SSSR count). The van der Waals surface area contributed by atoms with Crippen molar-refractivity contribution in [3.8, 4) is 17.2 Å². The van der Waals surface area contributed by atoms with Crippen LogP contribution in [0.3, 0.4) is 0 Å². The lowest BCUT2D eigenvalue weighted by molar-refractivity contribution is -0.143. The first-order chi connectivity index (χ1) is 16.8. The average molecular weight is 480 g/mol. The second-order valence-corrected chi connectivity index (χ2v) is 7.65. The molecule has 0 fully saturated rings. The number of hydrogen-bond acceptors (Lipinski definition) is 4. The van der Waals surface area contributed by atoms with E-state index in [2.05, 4.69) is 10.2 Å². The van der Waals surface area contributed by atoms with E-state index < -0.39 is 35.5 Å². The van der Waals surface area contributed by atoms with Crippen LogP contribution in [0.15, 0.2) is 85.3 Å². The molecule has 0 aliphatic carbocycles. The van der Waals surface area contributed by atoms with Gasteiger partial charge in [-0.25, -0.2) is 13.6 Å². The van der Waals surface area contributed by atoms with Crippen molar-refractivity contribution < 1.29 is 27.1 Å². The fourth-order valence-electron chi connectivity index (χ4n) is 3.74. The van der Waals surface area contributed by atoms with Crippen LogP contribution in [0.5, 0.6) is 11.5 Å². The summed E-state index contributed by atoms with van der Waals surface area (Å²) in [6, 6.07) is 16.6. The van der Waals surface area contributed by atoms with Crippen LogP contribution in [0, 0.1) is 5.82 Å². The summed E-state index contributed by atoms with van der Waals surface area (Å²) in [5, 5.41) is 7.87. The number of carbonyl (C=O) groups excluding carboxylic acids is 1. The quantitative estimate of drug-likeness (QED) is 0.224. The minimum atomic E-state index is -4.82. The maximum absolute atomic E-state index is 14.8. The number of rotatable bonds is 6. The molecule has 3 aromatic heterocycles. The smallest absolute Gasteiger partial charge is 0.434 e. The van der Waals surface area contributed by atoms with Gasteiger partial charge in [-0.2, -0.15) is 23.4 Å². The van der Waals surface area contributed by atoms with Gasteiger partial charge in [-0.1, -0.05) is 24.3 Å². The average Bonchev–Trinajstić information content (AvgIpc) is 3.49. The lowest BCUT2D eigenvalue weighted by atomic mass is 10.0. The number of aromatic nitrogens is 4. The molecule has 0 atom stereocenters. The van der Waals surface area contributed by atoms with Gasteiger partial charge < -0.3 is 4.74 Å². The summed E-state index contributed by atoms with van der Waals surface area (Å²) < 4.78 is 64.2. The summed E-state index contributed by atoms with van der Waals surface area (Å²) in [4.78, 5) is 12.8. The first kappa shape index (κ1) is 22.3. The molecule has 2 aromatic carbocycles. The largest absolute Gasteiger partial charge is 0.452 e. The fourth-order valence-corrected chi connectivity index (χ4v) is 3.74. The van der Waals surface area contributed by atoms with Gasteiger partial charge in [0, 0.05) is 12.6 Å². The number of Topliss-reactive ketones (excluding diaryl/α,β-unsaturated/α-hetero) is 1. The Morgan fingerprint density at radius 2 is 1.74 bits per heavy atom. The van der Waals surface area contributed by atoms with Crippen molar-refractivity contribution in [1.29, 1.82) is 0 Å². The predicted octanol–water partition coefficient (Wildman–Crippen LogP) is 5.90. The van der Waals surface area contributed by atoms with Gasteiger partial charge >= 0.3 is 6.18 Å². The number of nitrogens with zero attached hydrogens (tertiary/aromatic N) is 4. The van der Waals surface area contributed by atoms with E-state index in [1.807, 2.05) is 0 Å². The second kappa shape index (κ2) is 8.71. The van der Waals surface area contributed by atoms with Gasteiger partial charge in [0.2, 0.25) is 0 Å². The van der Waals surface area contributed by atoms with E-state index in [0.29, 0.717) is 15.9 Å². The summed E-state index contributed by atoms with van der Waals surface area (Å²) in [6.45, 7) is 0. The van der Waals surface area contributed by atoms with Crippen molar-refractivity contribution in [3.05, 3.63) is 108 Å². The third-order valence-electron chi connectivity index (χ3n) is 5.32. The summed E-state index contributed by atoms with van der Waals surface area (Å²) in [5.74, 6) is -1.32. The van der Waals surface area contributed by atoms with Crippen molar-refractivity contribution in [2.24, 2.45) is 0 Å². The summed E-state index contributed by atoms with van der Waals surface area (Å²) in [6.07, 6.45) is -1.10. The molecule has 0 amide bonds. The number of pyridine rings is 1. The highest BCUT2D eigenvalue weighted by molar-refractivity contribution is 5.98. The zero-order valence-corrected chi connectivity index (χ0v) is 17.9. The van der Waals surface area contributed by atoms with Gasteiger partial charge in [-0.3, -0.25) is 4.79 Å². The predicted molar refractivity (Wildman–Crippen MR) is 118 cm³/mol. The maximum atomic E-state index is 14.8. The topological polar surface area (TPSA) is 61.4 Å². The monoisotopic (exact) mass is 480 g/mol. The molecule has 176 valence electrons. The van der Waals surface area contributed by atoms with Crippen LogP contribution >= 0.6 is 0 Å². The van der Waals surface area contributed by atoms with E-state index in [1.165, 1.54) is 24.3 Å². The van der Waals surface area contributed by atoms with E-state index in [-0.39, 0.29) is 17.0 Å². The highest BCUT2D eigenvalue weighted by Gasteiger charge is 2.40. The molecule has 0 N–H and O–H groups in total. The molecule has 0 saturated carbocycles. The highest BCUT2D eigenvalue weighted by atomic mass is 19.4. The van der Waals surface area contributed by atoms with Crippen LogP contribution in [0.4, 0.5) is 17.6 Å². The lowest BCUT2D eigenvalue weighted by Gasteiger charge is -2.13. The number of carbonyl (C=O) groups is 1. The molecular formula is C25H16F4N4O2. The van der Waals surface area contributed by atoms with Gasteiger partial charge in [0.25, 0.3) is 0 Å². The Bertz CT molecular complexity index is 1520. The van der Waals surface area contributed by atoms with Gasteiger partial charge in [0.05, 0.1) is 23.6 Å². The highest BCUT2D eigenvalue weighted by Crippen LogP contribution is 2.34. The molecule has 0 unspecified atom stereocenters. The number of fused-ring (bicyclic) bond motifs is 1. The zero-order valence-electron chi connectivity index (χ0n) is 17.9. The van der Waals surface area contributed by atoms with Crippen LogP contribution in [-0.4, -0.2) is 25.2 Å². The molecule has 0 bridgehead atoms. The number of ketones is 1. The number of halogens is 4. The van der Waals surface area contributed by atoms with E-state index in [1.54, 1.807) is 53.3 Å². The Morgan fingerprint density at radius 3 is 2.49 bits per heavy atom. The number of para-hydroxylation sites is 1. The molecule has 0 spiro atoms. The lowest BCUT2D eigenvalue weighted by Crippen LogP contribution is -2.18. The molecule has 10 heteroatoms. The summed E-state index contributed by atoms with van der Waals surface area (Å²) >= 11 is 0. The van der Waals surface area contributed by atoms with Crippen molar-refractivity contribution in [3.63, 3.8) is 0 Å². The van der Waals surface area contributed by atoms with E-state index in [0.717, 1.165) is 12.3 Å². The van der Waals surface area contributed by atoms with Crippen molar-refractivity contribution in [1.82, 2.24) is 19.4 Å². The first-order valence-electron chi connectivity index (χ1n) is 10.4. The minimum Gasteiger partial charge on any atom is -0.452 e. The van der Waals surface area contributed by atoms with Gasteiger partial charge in [0.15, 0.2) is 28.8 Å². The SMILES string of the molecule is O=C(Cc1ccc(Oc2cccn3nccc23)c(F)c1)c1cnn(-c2ccccc2)c1C(F)(F)F. The second-order valence-electron chi connectivity index (χ2n) is 7.65. The number of benzene rings is 2. The molecule has 0 aliphatic heterocycles. The van der Waals surface area contributed by atoms with Crippen LogP contribution in [0.1, 0.15) is 21.6 Å². The number of ether oxygens (including phenoxy) is 1. The van der Waals surface area contributed by atoms with Crippen molar-refractivity contribution in [2.45, 2.75) is 12.6 Å². The van der Waals surface area contributed by atoms with E-state index in [9.17, 15) is 22.4 Å². The molecular weight excluding hydrogens is 464 g/mol. The minimum absolute atomic E-state index is 0.0941. The summed E-state index contributed by atoms with van der Waals surface area (Å²) in [7, 11) is 0. The molecule has 6 nitrogen and oxygen atoms in total. The number of alkyl halides is 3. The Balaban J connectivity index is 1.40. The fraction of sp³-hybridized carbons (Fsp3) is 0.0800. The molecule has 0 aliphatic rings.